The SMILES string of the molecule is COc1cccc2c1OCCN1C(=O)c3ccccc3[C@@H](C(=O)O)[C@@H]21. The zero-order chi connectivity index (χ0) is 17.6. The molecule has 1 amide bonds. The Kier molecular flexibility index (Phi) is 3.60. The lowest BCUT2D eigenvalue weighted by atomic mass is 9.79. The predicted octanol–water partition coefficient (Wildman–Crippen LogP) is 2.45. The van der Waals surface area contributed by atoms with E-state index in [0.717, 1.165) is 0 Å². The first-order chi connectivity index (χ1) is 12.1. The zero-order valence-corrected chi connectivity index (χ0v) is 13.6. The highest BCUT2D eigenvalue weighted by molar-refractivity contribution is 6.00. The van der Waals surface area contributed by atoms with Crippen LogP contribution in [0.5, 0.6) is 11.5 Å². The lowest BCUT2D eigenvalue weighted by Crippen LogP contribution is -2.45. The second-order valence-corrected chi connectivity index (χ2v) is 6.07. The standard InChI is InChI=1S/C19H17NO5/c1-24-14-8-4-7-13-16-15(19(22)23)11-5-2-3-6-12(11)18(21)20(16)9-10-25-17(13)14/h2-8,15-16H,9-10H2,1H3,(H,22,23)/t15-,16-/m1/s1. The molecule has 0 aromatic heterocycles. The number of ether oxygens (including phenoxy) is 2. The number of methoxy groups -OCH3 is 1. The van der Waals surface area contributed by atoms with Crippen molar-refractivity contribution in [1.82, 2.24) is 4.90 Å². The summed E-state index contributed by atoms with van der Waals surface area (Å²) in [7, 11) is 1.54. The molecule has 6 nitrogen and oxygen atoms in total. The monoisotopic (exact) mass is 339 g/mol. The van der Waals surface area contributed by atoms with Gasteiger partial charge in [0.1, 0.15) is 12.5 Å². The average molecular weight is 339 g/mol. The number of carboxylic acids is 1. The van der Waals surface area contributed by atoms with Crippen LogP contribution in [0, 0.1) is 0 Å². The van der Waals surface area contributed by atoms with Crippen LogP contribution in [0.2, 0.25) is 0 Å². The highest BCUT2D eigenvalue weighted by Crippen LogP contribution is 2.48. The molecule has 6 heteroatoms. The van der Waals surface area contributed by atoms with E-state index in [4.69, 9.17) is 9.47 Å². The van der Waals surface area contributed by atoms with Crippen LogP contribution in [0.15, 0.2) is 42.5 Å². The Morgan fingerprint density at radius 1 is 1.20 bits per heavy atom. The summed E-state index contributed by atoms with van der Waals surface area (Å²) < 4.78 is 11.2. The Morgan fingerprint density at radius 2 is 1.96 bits per heavy atom. The van der Waals surface area contributed by atoms with E-state index in [1.165, 1.54) is 7.11 Å². The van der Waals surface area contributed by atoms with Crippen LogP contribution in [-0.4, -0.2) is 42.1 Å². The van der Waals surface area contributed by atoms with Crippen molar-refractivity contribution in [2.24, 2.45) is 0 Å². The van der Waals surface area contributed by atoms with Crippen LogP contribution in [-0.2, 0) is 4.79 Å². The second-order valence-electron chi connectivity index (χ2n) is 6.07. The lowest BCUT2D eigenvalue weighted by Gasteiger charge is -2.39. The zero-order valence-electron chi connectivity index (χ0n) is 13.6. The van der Waals surface area contributed by atoms with Crippen molar-refractivity contribution in [1.29, 1.82) is 0 Å². The molecule has 2 atom stereocenters. The highest BCUT2D eigenvalue weighted by atomic mass is 16.5. The minimum Gasteiger partial charge on any atom is -0.493 e. The summed E-state index contributed by atoms with van der Waals surface area (Å²) in [6.45, 7) is 0.601. The summed E-state index contributed by atoms with van der Waals surface area (Å²) >= 11 is 0. The third-order valence-corrected chi connectivity index (χ3v) is 4.83. The number of aliphatic carboxylic acids is 1. The number of carbonyl (C=O) groups excluding carboxylic acids is 1. The second kappa shape index (κ2) is 5.81. The molecule has 128 valence electrons. The van der Waals surface area contributed by atoms with E-state index in [1.54, 1.807) is 47.4 Å². The molecule has 0 aliphatic carbocycles. The molecule has 0 fully saturated rings. The van der Waals surface area contributed by atoms with E-state index in [2.05, 4.69) is 0 Å². The van der Waals surface area contributed by atoms with Crippen molar-refractivity contribution in [3.05, 3.63) is 59.2 Å². The van der Waals surface area contributed by atoms with Crippen LogP contribution >= 0.6 is 0 Å². The average Bonchev–Trinajstić information content (AvgIpc) is 2.82. The summed E-state index contributed by atoms with van der Waals surface area (Å²) in [4.78, 5) is 26.7. The Labute approximate surface area is 144 Å². The van der Waals surface area contributed by atoms with Crippen LogP contribution in [0.4, 0.5) is 0 Å². The lowest BCUT2D eigenvalue weighted by molar-refractivity contribution is -0.140. The molecule has 2 aromatic carbocycles. The maximum absolute atomic E-state index is 13.0. The number of carbonyl (C=O) groups is 2. The molecular weight excluding hydrogens is 322 g/mol. The molecule has 1 N–H and O–H groups in total. The van der Waals surface area contributed by atoms with Gasteiger partial charge in [0.25, 0.3) is 5.91 Å². The summed E-state index contributed by atoms with van der Waals surface area (Å²) in [6.07, 6.45) is 0. The van der Waals surface area contributed by atoms with Crippen LogP contribution in [0.25, 0.3) is 0 Å². The van der Waals surface area contributed by atoms with Crippen LogP contribution in [0.3, 0.4) is 0 Å². The van der Waals surface area contributed by atoms with E-state index >= 15 is 0 Å². The molecule has 4 rings (SSSR count). The fourth-order valence-electron chi connectivity index (χ4n) is 3.78. The van der Waals surface area contributed by atoms with E-state index in [9.17, 15) is 14.7 Å². The van der Waals surface area contributed by atoms with Gasteiger partial charge in [0, 0.05) is 11.1 Å². The number of carboxylic acid groups (broad SMARTS) is 1. The molecule has 0 unspecified atom stereocenters. The van der Waals surface area contributed by atoms with Crippen LogP contribution in [0.1, 0.15) is 33.4 Å². The van der Waals surface area contributed by atoms with Gasteiger partial charge in [-0.3, -0.25) is 9.59 Å². The largest absolute Gasteiger partial charge is 0.493 e. The van der Waals surface area contributed by atoms with Crippen molar-refractivity contribution < 1.29 is 24.2 Å². The predicted molar refractivity (Wildman–Crippen MR) is 89.1 cm³/mol. The molecule has 2 heterocycles. The van der Waals surface area contributed by atoms with Crippen molar-refractivity contribution in [3.8, 4) is 11.5 Å². The molecule has 2 aromatic rings. The molecule has 2 aliphatic rings. The molecule has 0 spiro atoms. The summed E-state index contributed by atoms with van der Waals surface area (Å²) in [5, 5.41) is 9.94. The first kappa shape index (κ1) is 15.5. The number of hydrogen-bond donors (Lipinski definition) is 1. The first-order valence-electron chi connectivity index (χ1n) is 8.06. The van der Waals surface area contributed by atoms with Crippen molar-refractivity contribution in [2.75, 3.05) is 20.3 Å². The normalized spacial score (nSPS) is 21.3. The number of rotatable bonds is 2. The number of nitrogens with zero attached hydrogens (tertiary/aromatic N) is 1. The topological polar surface area (TPSA) is 76.1 Å². The van der Waals surface area contributed by atoms with Gasteiger partial charge in [0.2, 0.25) is 0 Å². The minimum atomic E-state index is -0.967. The Morgan fingerprint density at radius 3 is 2.72 bits per heavy atom. The fourth-order valence-corrected chi connectivity index (χ4v) is 3.78. The van der Waals surface area contributed by atoms with Gasteiger partial charge < -0.3 is 19.5 Å². The maximum Gasteiger partial charge on any atom is 0.313 e. The number of hydrogen-bond acceptors (Lipinski definition) is 4. The molecular formula is C19H17NO5. The molecule has 0 radical (unpaired) electrons. The van der Waals surface area contributed by atoms with E-state index in [1.807, 2.05) is 0 Å². The highest BCUT2D eigenvalue weighted by Gasteiger charge is 2.46. The number of fused-ring (bicyclic) bond motifs is 4. The number of para-hydroxylation sites is 1. The summed E-state index contributed by atoms with van der Waals surface area (Å²) in [5.41, 5.74) is 1.64. The fraction of sp³-hybridized carbons (Fsp3) is 0.263. The number of amides is 1. The third-order valence-electron chi connectivity index (χ3n) is 4.83. The van der Waals surface area contributed by atoms with Crippen molar-refractivity contribution in [2.45, 2.75) is 12.0 Å². The quantitative estimate of drug-likeness (QED) is 0.909. The molecule has 0 saturated heterocycles. The van der Waals surface area contributed by atoms with Gasteiger partial charge in [-0.2, -0.15) is 0 Å². The van der Waals surface area contributed by atoms with Crippen molar-refractivity contribution in [3.63, 3.8) is 0 Å². The van der Waals surface area contributed by atoms with Gasteiger partial charge >= 0.3 is 5.97 Å². The minimum absolute atomic E-state index is 0.169. The van der Waals surface area contributed by atoms with Gasteiger partial charge in [-0.05, 0) is 17.7 Å². The van der Waals surface area contributed by atoms with Gasteiger partial charge in [0.15, 0.2) is 11.5 Å². The van der Waals surface area contributed by atoms with Gasteiger partial charge in [0.05, 0.1) is 19.7 Å². The Hall–Kier alpha value is -3.02. The third kappa shape index (κ3) is 2.25. The van der Waals surface area contributed by atoms with Crippen molar-refractivity contribution >= 4 is 11.9 Å². The summed E-state index contributed by atoms with van der Waals surface area (Å²) in [6, 6.07) is 11.6. The van der Waals surface area contributed by atoms with Gasteiger partial charge in [-0.1, -0.05) is 30.3 Å². The van der Waals surface area contributed by atoms with Crippen LogP contribution < -0.4 is 9.47 Å². The molecule has 0 saturated carbocycles. The molecule has 2 aliphatic heterocycles. The molecule has 25 heavy (non-hydrogen) atoms. The Bertz CT molecular complexity index is 863. The van der Waals surface area contributed by atoms with E-state index in [-0.39, 0.29) is 12.5 Å². The smallest absolute Gasteiger partial charge is 0.313 e. The maximum atomic E-state index is 13.0. The van der Waals surface area contributed by atoms with Gasteiger partial charge in [-0.25, -0.2) is 0 Å². The van der Waals surface area contributed by atoms with Gasteiger partial charge in [-0.15, -0.1) is 0 Å². The van der Waals surface area contributed by atoms with E-state index < -0.39 is 17.9 Å². The molecule has 0 bridgehead atoms. The summed E-state index contributed by atoms with van der Waals surface area (Å²) in [5.74, 6) is -0.949. The van der Waals surface area contributed by atoms with E-state index in [0.29, 0.717) is 34.7 Å². The first-order valence-corrected chi connectivity index (χ1v) is 8.06. The number of benzene rings is 2. The Balaban J connectivity index is 1.98.